The van der Waals surface area contributed by atoms with Crippen molar-refractivity contribution in [2.45, 2.75) is 6.92 Å². The first-order valence-corrected chi connectivity index (χ1v) is 7.67. The highest BCUT2D eigenvalue weighted by molar-refractivity contribution is 6.02. The predicted molar refractivity (Wildman–Crippen MR) is 96.0 cm³/mol. The second kappa shape index (κ2) is 7.09. The van der Waals surface area contributed by atoms with Crippen LogP contribution < -0.4 is 14.8 Å². The summed E-state index contributed by atoms with van der Waals surface area (Å²) in [6.45, 7) is 1.78. The van der Waals surface area contributed by atoms with Crippen LogP contribution >= 0.6 is 0 Å². The lowest BCUT2D eigenvalue weighted by Gasteiger charge is -2.07. The second-order valence-electron chi connectivity index (χ2n) is 5.35. The van der Waals surface area contributed by atoms with Crippen molar-refractivity contribution in [2.24, 2.45) is 0 Å². The largest absolute Gasteiger partial charge is 0.497 e. The van der Waals surface area contributed by atoms with E-state index in [1.807, 2.05) is 6.07 Å². The first kappa shape index (κ1) is 16.6. The molecular weight excluding hydrogens is 320 g/mol. The Labute approximate surface area is 145 Å². The van der Waals surface area contributed by atoms with Gasteiger partial charge in [-0.3, -0.25) is 4.79 Å². The maximum atomic E-state index is 12.1. The van der Waals surface area contributed by atoms with Crippen LogP contribution in [0.4, 0.5) is 5.69 Å². The van der Waals surface area contributed by atoms with Gasteiger partial charge in [0.2, 0.25) is 5.91 Å². The number of hydrogen-bond donors (Lipinski definition) is 1. The molecule has 0 saturated carbocycles. The fraction of sp³-hybridized carbons (Fsp3) is 0.158. The molecule has 3 rings (SSSR count). The van der Waals surface area contributed by atoms with Gasteiger partial charge < -0.3 is 19.2 Å². The lowest BCUT2D eigenvalue weighted by Crippen LogP contribution is -2.07. The summed E-state index contributed by atoms with van der Waals surface area (Å²) in [7, 11) is 3.16. The van der Waals surface area contributed by atoms with E-state index in [1.54, 1.807) is 57.6 Å². The predicted octanol–water partition coefficient (Wildman–Crippen LogP) is 3.81. The number of oxazole rings is 1. The second-order valence-corrected chi connectivity index (χ2v) is 5.35. The molecule has 0 aliphatic rings. The number of nitrogens with one attached hydrogen (secondary N) is 1. The molecular formula is C19H18N2O4. The fourth-order valence-corrected chi connectivity index (χ4v) is 2.43. The summed E-state index contributed by atoms with van der Waals surface area (Å²) in [5, 5.41) is 2.80. The lowest BCUT2D eigenvalue weighted by molar-refractivity contribution is -0.111. The van der Waals surface area contributed by atoms with Crippen LogP contribution in [0.5, 0.6) is 11.5 Å². The van der Waals surface area contributed by atoms with Gasteiger partial charge in [-0.25, -0.2) is 4.98 Å². The third-order valence-corrected chi connectivity index (χ3v) is 3.62. The molecule has 3 aromatic rings. The normalized spacial score (nSPS) is 11.0. The van der Waals surface area contributed by atoms with Crippen molar-refractivity contribution in [3.05, 3.63) is 53.9 Å². The van der Waals surface area contributed by atoms with Crippen molar-refractivity contribution in [1.29, 1.82) is 0 Å². The van der Waals surface area contributed by atoms with Gasteiger partial charge >= 0.3 is 0 Å². The van der Waals surface area contributed by atoms with Crippen LogP contribution in [-0.4, -0.2) is 25.1 Å². The maximum absolute atomic E-state index is 12.1. The van der Waals surface area contributed by atoms with E-state index in [0.29, 0.717) is 34.2 Å². The van der Waals surface area contributed by atoms with Gasteiger partial charge in [0.05, 0.1) is 14.2 Å². The zero-order chi connectivity index (χ0) is 17.8. The molecule has 6 heteroatoms. The number of benzene rings is 2. The first-order chi connectivity index (χ1) is 12.1. The minimum atomic E-state index is -0.252. The molecule has 0 saturated heterocycles. The number of hydrogen-bond acceptors (Lipinski definition) is 5. The Morgan fingerprint density at radius 1 is 1.16 bits per heavy atom. The van der Waals surface area contributed by atoms with Crippen LogP contribution in [0.2, 0.25) is 0 Å². The summed E-state index contributed by atoms with van der Waals surface area (Å²) in [5.41, 5.74) is 2.82. The highest BCUT2D eigenvalue weighted by atomic mass is 16.5. The van der Waals surface area contributed by atoms with Crippen molar-refractivity contribution in [2.75, 3.05) is 19.5 Å². The molecule has 0 aliphatic heterocycles. The van der Waals surface area contributed by atoms with Gasteiger partial charge in [0.15, 0.2) is 11.5 Å². The van der Waals surface area contributed by atoms with E-state index in [9.17, 15) is 4.79 Å². The van der Waals surface area contributed by atoms with E-state index in [0.717, 1.165) is 5.56 Å². The third-order valence-electron chi connectivity index (χ3n) is 3.62. The van der Waals surface area contributed by atoms with Crippen molar-refractivity contribution < 1.29 is 18.7 Å². The highest BCUT2D eigenvalue weighted by Gasteiger charge is 2.06. The highest BCUT2D eigenvalue weighted by Crippen LogP contribution is 2.25. The molecule has 0 spiro atoms. The molecule has 0 unspecified atom stereocenters. The molecule has 1 aromatic heterocycles. The van der Waals surface area contributed by atoms with Crippen LogP contribution in [0.1, 0.15) is 11.5 Å². The van der Waals surface area contributed by atoms with Gasteiger partial charge in [-0.05, 0) is 36.4 Å². The smallest absolute Gasteiger partial charge is 0.248 e. The summed E-state index contributed by atoms with van der Waals surface area (Å²) in [4.78, 5) is 16.4. The van der Waals surface area contributed by atoms with Crippen molar-refractivity contribution in [3.8, 4) is 11.5 Å². The molecule has 1 heterocycles. The van der Waals surface area contributed by atoms with Gasteiger partial charge in [-0.1, -0.05) is 0 Å². The monoisotopic (exact) mass is 338 g/mol. The quantitative estimate of drug-likeness (QED) is 0.716. The van der Waals surface area contributed by atoms with Gasteiger partial charge in [0, 0.05) is 30.3 Å². The fourth-order valence-electron chi connectivity index (χ4n) is 2.43. The SMILES string of the molecule is COc1ccc(/C=C/C(=O)Nc2ccc3oc(C)nc3c2)c(OC)c1. The Morgan fingerprint density at radius 3 is 2.76 bits per heavy atom. The lowest BCUT2D eigenvalue weighted by atomic mass is 10.1. The van der Waals surface area contributed by atoms with Crippen LogP contribution in [0.3, 0.4) is 0 Å². The van der Waals surface area contributed by atoms with Gasteiger partial charge in [0.1, 0.15) is 17.0 Å². The number of rotatable bonds is 5. The summed E-state index contributed by atoms with van der Waals surface area (Å²) in [5.74, 6) is 1.65. The van der Waals surface area contributed by atoms with Gasteiger partial charge in [0.25, 0.3) is 0 Å². The molecule has 1 N–H and O–H groups in total. The zero-order valence-electron chi connectivity index (χ0n) is 14.2. The summed E-state index contributed by atoms with van der Waals surface area (Å²) >= 11 is 0. The minimum Gasteiger partial charge on any atom is -0.497 e. The standard InChI is InChI=1S/C19H18N2O4/c1-12-20-16-10-14(6-8-17(16)25-12)21-19(22)9-5-13-4-7-15(23-2)11-18(13)24-3/h4-11H,1-3H3,(H,21,22)/b9-5+. The van der Waals surface area contributed by atoms with E-state index in [2.05, 4.69) is 10.3 Å². The number of fused-ring (bicyclic) bond motifs is 1. The molecule has 2 aromatic carbocycles. The Kier molecular flexibility index (Phi) is 4.70. The molecule has 0 fully saturated rings. The van der Waals surface area contributed by atoms with E-state index in [4.69, 9.17) is 13.9 Å². The number of nitrogens with zero attached hydrogens (tertiary/aromatic N) is 1. The summed E-state index contributed by atoms with van der Waals surface area (Å²) < 4.78 is 15.9. The number of carbonyl (C=O) groups is 1. The molecule has 6 nitrogen and oxygen atoms in total. The van der Waals surface area contributed by atoms with E-state index in [1.165, 1.54) is 6.08 Å². The van der Waals surface area contributed by atoms with Crippen LogP contribution in [0.25, 0.3) is 17.2 Å². The number of carbonyl (C=O) groups excluding carboxylic acids is 1. The van der Waals surface area contributed by atoms with E-state index < -0.39 is 0 Å². The zero-order valence-corrected chi connectivity index (χ0v) is 14.2. The topological polar surface area (TPSA) is 73.6 Å². The molecule has 128 valence electrons. The summed E-state index contributed by atoms with van der Waals surface area (Å²) in [6.07, 6.45) is 3.13. The van der Waals surface area contributed by atoms with Crippen molar-refractivity contribution >= 4 is 28.8 Å². The molecule has 1 amide bonds. The molecule has 0 radical (unpaired) electrons. The van der Waals surface area contributed by atoms with Gasteiger partial charge in [-0.2, -0.15) is 0 Å². The van der Waals surface area contributed by atoms with Crippen LogP contribution in [0.15, 0.2) is 46.9 Å². The number of methoxy groups -OCH3 is 2. The number of aryl methyl sites for hydroxylation is 1. The first-order valence-electron chi connectivity index (χ1n) is 7.67. The molecule has 0 aliphatic carbocycles. The van der Waals surface area contributed by atoms with Crippen LogP contribution in [-0.2, 0) is 4.79 Å². The average Bonchev–Trinajstić information content (AvgIpc) is 2.99. The number of amides is 1. The summed E-state index contributed by atoms with van der Waals surface area (Å²) in [6, 6.07) is 10.7. The maximum Gasteiger partial charge on any atom is 0.248 e. The van der Waals surface area contributed by atoms with Crippen molar-refractivity contribution in [3.63, 3.8) is 0 Å². The average molecular weight is 338 g/mol. The molecule has 0 bridgehead atoms. The third kappa shape index (κ3) is 3.80. The molecule has 25 heavy (non-hydrogen) atoms. The van der Waals surface area contributed by atoms with E-state index >= 15 is 0 Å². The Balaban J connectivity index is 1.73. The number of aromatic nitrogens is 1. The minimum absolute atomic E-state index is 0.252. The number of ether oxygens (including phenoxy) is 2. The van der Waals surface area contributed by atoms with Crippen LogP contribution in [0, 0.1) is 6.92 Å². The molecule has 0 atom stereocenters. The van der Waals surface area contributed by atoms with Gasteiger partial charge in [-0.15, -0.1) is 0 Å². The van der Waals surface area contributed by atoms with E-state index in [-0.39, 0.29) is 5.91 Å². The van der Waals surface area contributed by atoms with Crippen molar-refractivity contribution in [1.82, 2.24) is 4.98 Å². The Hall–Kier alpha value is -3.28. The number of anilines is 1. The Bertz CT molecular complexity index is 944. The Morgan fingerprint density at radius 2 is 2.00 bits per heavy atom.